The normalized spacial score (nSPS) is 10.9. The van der Waals surface area contributed by atoms with Gasteiger partial charge in [-0.25, -0.2) is 5.43 Å². The third kappa shape index (κ3) is 3.76. The van der Waals surface area contributed by atoms with Crippen LogP contribution >= 0.6 is 0 Å². The predicted molar refractivity (Wildman–Crippen MR) is 56.2 cm³/mol. The molecule has 0 unspecified atom stereocenters. The summed E-state index contributed by atoms with van der Waals surface area (Å²) in [4.78, 5) is 11.4. The number of nitrogens with one attached hydrogen (secondary N) is 1. The Hall–Kier alpha value is -1.91. The number of amides is 1. The van der Waals surface area contributed by atoms with Crippen molar-refractivity contribution >= 4 is 12.1 Å². The summed E-state index contributed by atoms with van der Waals surface area (Å²) in [5.74, 6) is -0.123. The van der Waals surface area contributed by atoms with Gasteiger partial charge in [0.25, 0.3) is 5.91 Å². The standard InChI is InChI=1S/C10H13N3O2/c1-8(2)6-11-12-10(14)9-4-3-5-13(15)7-9/h3-8H,1-2H3,(H,12,14)/b11-6+. The van der Waals surface area contributed by atoms with Crippen LogP contribution in [0.25, 0.3) is 0 Å². The maximum Gasteiger partial charge on any atom is 0.277 e. The van der Waals surface area contributed by atoms with E-state index in [4.69, 9.17) is 0 Å². The monoisotopic (exact) mass is 207 g/mol. The molecule has 5 heteroatoms. The summed E-state index contributed by atoms with van der Waals surface area (Å²) in [7, 11) is 0. The van der Waals surface area contributed by atoms with E-state index in [1.807, 2.05) is 13.8 Å². The van der Waals surface area contributed by atoms with Crippen molar-refractivity contribution in [3.8, 4) is 0 Å². The summed E-state index contributed by atoms with van der Waals surface area (Å²) in [5, 5.41) is 14.6. The fourth-order valence-corrected chi connectivity index (χ4v) is 0.899. The quantitative estimate of drug-likeness (QED) is 0.343. The van der Waals surface area contributed by atoms with Gasteiger partial charge in [0.05, 0.1) is 0 Å². The lowest BCUT2D eigenvalue weighted by Gasteiger charge is -2.00. The van der Waals surface area contributed by atoms with E-state index in [0.717, 1.165) is 0 Å². The Labute approximate surface area is 88.0 Å². The number of carbonyl (C=O) groups excluding carboxylic acids is 1. The molecule has 0 aliphatic carbocycles. The molecule has 1 aromatic rings. The zero-order valence-corrected chi connectivity index (χ0v) is 8.68. The second-order valence-electron chi connectivity index (χ2n) is 3.42. The summed E-state index contributed by atoms with van der Waals surface area (Å²) in [5.41, 5.74) is 2.62. The van der Waals surface area contributed by atoms with Crippen molar-refractivity contribution in [3.63, 3.8) is 0 Å². The molecule has 0 fully saturated rings. The van der Waals surface area contributed by atoms with E-state index in [-0.39, 0.29) is 11.5 Å². The molecule has 1 N–H and O–H groups in total. The fraction of sp³-hybridized carbons (Fsp3) is 0.300. The Morgan fingerprint density at radius 1 is 1.67 bits per heavy atom. The van der Waals surface area contributed by atoms with E-state index >= 15 is 0 Å². The van der Waals surface area contributed by atoms with Crippen LogP contribution in [0.2, 0.25) is 0 Å². The summed E-state index contributed by atoms with van der Waals surface area (Å²) >= 11 is 0. The van der Waals surface area contributed by atoms with Crippen molar-refractivity contribution in [3.05, 3.63) is 35.3 Å². The lowest BCUT2D eigenvalue weighted by molar-refractivity contribution is -0.605. The van der Waals surface area contributed by atoms with Crippen LogP contribution in [0.15, 0.2) is 29.6 Å². The first-order valence-corrected chi connectivity index (χ1v) is 4.62. The van der Waals surface area contributed by atoms with Crippen molar-refractivity contribution in [1.82, 2.24) is 5.43 Å². The van der Waals surface area contributed by atoms with Gasteiger partial charge in [0.2, 0.25) is 0 Å². The molecule has 0 spiro atoms. The fourth-order valence-electron chi connectivity index (χ4n) is 0.899. The van der Waals surface area contributed by atoms with Gasteiger partial charge < -0.3 is 5.21 Å². The second-order valence-corrected chi connectivity index (χ2v) is 3.42. The van der Waals surface area contributed by atoms with Gasteiger partial charge in [-0.1, -0.05) is 13.8 Å². The van der Waals surface area contributed by atoms with Crippen LogP contribution in [-0.4, -0.2) is 12.1 Å². The highest BCUT2D eigenvalue weighted by Gasteiger charge is 2.06. The summed E-state index contributed by atoms with van der Waals surface area (Å²) in [6.07, 6.45) is 4.13. The van der Waals surface area contributed by atoms with Crippen LogP contribution < -0.4 is 10.2 Å². The molecule has 0 bridgehead atoms. The number of nitrogens with zero attached hydrogens (tertiary/aromatic N) is 2. The Kier molecular flexibility index (Phi) is 3.79. The summed E-state index contributed by atoms with van der Waals surface area (Å²) in [6.45, 7) is 3.90. The van der Waals surface area contributed by atoms with E-state index < -0.39 is 5.91 Å². The minimum Gasteiger partial charge on any atom is -0.619 e. The highest BCUT2D eigenvalue weighted by Crippen LogP contribution is 1.93. The zero-order valence-electron chi connectivity index (χ0n) is 8.68. The number of rotatable bonds is 3. The maximum atomic E-state index is 11.4. The molecule has 0 aliphatic rings. The largest absolute Gasteiger partial charge is 0.619 e. The van der Waals surface area contributed by atoms with E-state index in [2.05, 4.69) is 10.5 Å². The molecule has 0 saturated carbocycles. The molecule has 0 aliphatic heterocycles. The Morgan fingerprint density at radius 3 is 3.00 bits per heavy atom. The number of pyridine rings is 1. The molecule has 5 nitrogen and oxygen atoms in total. The van der Waals surface area contributed by atoms with Crippen molar-refractivity contribution in [1.29, 1.82) is 0 Å². The van der Waals surface area contributed by atoms with Crippen molar-refractivity contribution in [2.24, 2.45) is 11.0 Å². The van der Waals surface area contributed by atoms with Gasteiger partial charge in [0, 0.05) is 12.3 Å². The number of hydrogen-bond donors (Lipinski definition) is 1. The summed E-state index contributed by atoms with van der Waals surface area (Å²) < 4.78 is 0.571. The minimum atomic E-state index is -0.392. The molecule has 1 aromatic heterocycles. The van der Waals surface area contributed by atoms with Gasteiger partial charge in [-0.05, 0) is 12.0 Å². The number of aromatic nitrogens is 1. The van der Waals surface area contributed by atoms with E-state index in [9.17, 15) is 10.0 Å². The van der Waals surface area contributed by atoms with Crippen LogP contribution in [-0.2, 0) is 0 Å². The molecule has 0 aromatic carbocycles. The van der Waals surface area contributed by atoms with Gasteiger partial charge in [-0.15, -0.1) is 0 Å². The average molecular weight is 207 g/mol. The van der Waals surface area contributed by atoms with Crippen LogP contribution in [0.5, 0.6) is 0 Å². The lowest BCUT2D eigenvalue weighted by Crippen LogP contribution is -2.28. The van der Waals surface area contributed by atoms with Crippen LogP contribution in [0.3, 0.4) is 0 Å². The molecular formula is C10H13N3O2. The number of hydrazone groups is 1. The van der Waals surface area contributed by atoms with Gasteiger partial charge in [0.1, 0.15) is 5.56 Å². The molecule has 15 heavy (non-hydrogen) atoms. The third-order valence-electron chi connectivity index (χ3n) is 1.58. The van der Waals surface area contributed by atoms with Gasteiger partial charge in [0.15, 0.2) is 12.4 Å². The Balaban J connectivity index is 2.62. The molecule has 1 rings (SSSR count). The molecule has 1 amide bonds. The first kappa shape index (κ1) is 11.2. The Bertz CT molecular complexity index is 375. The van der Waals surface area contributed by atoms with Crippen LogP contribution in [0.4, 0.5) is 0 Å². The van der Waals surface area contributed by atoms with Crippen LogP contribution in [0.1, 0.15) is 24.2 Å². The summed E-state index contributed by atoms with van der Waals surface area (Å²) in [6, 6.07) is 3.06. The van der Waals surface area contributed by atoms with Gasteiger partial charge in [-0.3, -0.25) is 4.79 Å². The third-order valence-corrected chi connectivity index (χ3v) is 1.58. The molecule has 0 radical (unpaired) electrons. The van der Waals surface area contributed by atoms with E-state index in [1.165, 1.54) is 18.5 Å². The molecular weight excluding hydrogens is 194 g/mol. The molecule has 1 heterocycles. The van der Waals surface area contributed by atoms with E-state index in [1.54, 1.807) is 12.3 Å². The topological polar surface area (TPSA) is 68.4 Å². The van der Waals surface area contributed by atoms with Gasteiger partial charge >= 0.3 is 0 Å². The van der Waals surface area contributed by atoms with Crippen LogP contribution in [0, 0.1) is 11.1 Å². The van der Waals surface area contributed by atoms with E-state index in [0.29, 0.717) is 4.73 Å². The van der Waals surface area contributed by atoms with Crippen molar-refractivity contribution in [2.75, 3.05) is 0 Å². The number of hydrogen-bond acceptors (Lipinski definition) is 3. The van der Waals surface area contributed by atoms with Crippen molar-refractivity contribution < 1.29 is 9.52 Å². The SMILES string of the molecule is CC(C)/C=N/NC(=O)c1ccc[n+]([O-])c1. The average Bonchev–Trinajstić information content (AvgIpc) is 2.17. The Morgan fingerprint density at radius 2 is 2.40 bits per heavy atom. The predicted octanol–water partition coefficient (Wildman–Crippen LogP) is 0.692. The molecule has 0 atom stereocenters. The molecule has 0 saturated heterocycles. The first-order chi connectivity index (χ1) is 7.09. The smallest absolute Gasteiger partial charge is 0.277 e. The first-order valence-electron chi connectivity index (χ1n) is 4.62. The minimum absolute atomic E-state index is 0.269. The highest BCUT2D eigenvalue weighted by molar-refractivity contribution is 5.93. The molecule has 80 valence electrons. The van der Waals surface area contributed by atoms with Gasteiger partial charge in [-0.2, -0.15) is 9.83 Å². The maximum absolute atomic E-state index is 11.4. The second kappa shape index (κ2) is 5.09. The lowest BCUT2D eigenvalue weighted by atomic mass is 10.2. The van der Waals surface area contributed by atoms with Crippen molar-refractivity contribution in [2.45, 2.75) is 13.8 Å². The number of carbonyl (C=O) groups is 1. The highest BCUT2D eigenvalue weighted by atomic mass is 16.5. The zero-order chi connectivity index (χ0) is 11.3.